The van der Waals surface area contributed by atoms with Gasteiger partial charge in [0.2, 0.25) is 11.5 Å². The first-order valence-corrected chi connectivity index (χ1v) is 11.9. The van der Waals surface area contributed by atoms with Crippen molar-refractivity contribution < 1.29 is 18.3 Å². The minimum atomic E-state index is -0.438. The van der Waals surface area contributed by atoms with E-state index in [9.17, 15) is 14.0 Å². The lowest BCUT2D eigenvalue weighted by molar-refractivity contribution is -0.113. The van der Waals surface area contributed by atoms with Gasteiger partial charge >= 0.3 is 5.56 Å². The van der Waals surface area contributed by atoms with Gasteiger partial charge in [0.1, 0.15) is 22.7 Å². The fourth-order valence-electron chi connectivity index (χ4n) is 3.66. The third-order valence-corrected chi connectivity index (χ3v) is 6.17. The summed E-state index contributed by atoms with van der Waals surface area (Å²) >= 11 is 1.11. The molecule has 0 aliphatic heterocycles. The Hall–Kier alpha value is -4.11. The second kappa shape index (κ2) is 9.63. The van der Waals surface area contributed by atoms with Gasteiger partial charge in [0.25, 0.3) is 0 Å². The van der Waals surface area contributed by atoms with Gasteiger partial charge in [-0.05, 0) is 67.6 Å². The van der Waals surface area contributed by atoms with Gasteiger partial charge in [-0.3, -0.25) is 14.2 Å². The Morgan fingerprint density at radius 1 is 1.09 bits per heavy atom. The van der Waals surface area contributed by atoms with Gasteiger partial charge in [-0.2, -0.15) is 0 Å². The van der Waals surface area contributed by atoms with Gasteiger partial charge in [0.05, 0.1) is 18.0 Å². The SMILES string of the molecule is CCOc1ccc(NC(=O)CSc2nc3c(oc4ccccc43)c(=O)n2-c2ccc(F)cc2)cc1. The summed E-state index contributed by atoms with van der Waals surface area (Å²) < 4.78 is 26.1. The van der Waals surface area contributed by atoms with Crippen molar-refractivity contribution in [3.8, 4) is 11.4 Å². The molecule has 176 valence electrons. The molecule has 0 aliphatic carbocycles. The van der Waals surface area contributed by atoms with E-state index in [2.05, 4.69) is 10.3 Å². The lowest BCUT2D eigenvalue weighted by Gasteiger charge is -2.12. The summed E-state index contributed by atoms with van der Waals surface area (Å²) in [5, 5.41) is 3.82. The summed E-state index contributed by atoms with van der Waals surface area (Å²) in [6.07, 6.45) is 0. The monoisotopic (exact) mass is 489 g/mol. The number of hydrogen-bond donors (Lipinski definition) is 1. The Balaban J connectivity index is 1.48. The van der Waals surface area contributed by atoms with Crippen molar-refractivity contribution in [3.05, 3.63) is 89.0 Å². The van der Waals surface area contributed by atoms with Crippen LogP contribution in [0.2, 0.25) is 0 Å². The molecule has 5 aromatic rings. The lowest BCUT2D eigenvalue weighted by atomic mass is 10.2. The van der Waals surface area contributed by atoms with Gasteiger partial charge in [0.15, 0.2) is 5.16 Å². The van der Waals surface area contributed by atoms with Crippen molar-refractivity contribution in [2.75, 3.05) is 17.7 Å². The number of nitrogens with one attached hydrogen (secondary N) is 1. The molecule has 0 atom stereocenters. The Morgan fingerprint density at radius 3 is 2.57 bits per heavy atom. The van der Waals surface area contributed by atoms with E-state index in [1.807, 2.05) is 25.1 Å². The normalized spacial score (nSPS) is 11.1. The molecule has 0 saturated heterocycles. The molecule has 0 fully saturated rings. The van der Waals surface area contributed by atoms with Crippen molar-refractivity contribution >= 4 is 45.4 Å². The molecule has 1 N–H and O–H groups in total. The summed E-state index contributed by atoms with van der Waals surface area (Å²) in [5.41, 5.74) is 1.65. The molecule has 3 aromatic carbocycles. The van der Waals surface area contributed by atoms with E-state index in [0.717, 1.165) is 11.8 Å². The maximum atomic E-state index is 13.5. The Labute approximate surface area is 203 Å². The molecule has 2 heterocycles. The molecule has 9 heteroatoms. The molecule has 0 saturated carbocycles. The molecular formula is C26H20FN3O4S. The Morgan fingerprint density at radius 2 is 1.83 bits per heavy atom. The van der Waals surface area contributed by atoms with Crippen LogP contribution in [0, 0.1) is 5.82 Å². The van der Waals surface area contributed by atoms with Crippen LogP contribution < -0.4 is 15.6 Å². The molecule has 0 aliphatic rings. The van der Waals surface area contributed by atoms with Gasteiger partial charge in [0, 0.05) is 11.1 Å². The van der Waals surface area contributed by atoms with Gasteiger partial charge < -0.3 is 14.5 Å². The third-order valence-electron chi connectivity index (χ3n) is 5.23. The molecule has 0 spiro atoms. The smallest absolute Gasteiger partial charge is 0.302 e. The molecule has 0 unspecified atom stereocenters. The Kier molecular flexibility index (Phi) is 6.24. The van der Waals surface area contributed by atoms with Crippen LogP contribution in [-0.4, -0.2) is 27.8 Å². The van der Waals surface area contributed by atoms with Crippen LogP contribution in [0.1, 0.15) is 6.92 Å². The van der Waals surface area contributed by atoms with Gasteiger partial charge in [-0.15, -0.1) is 0 Å². The highest BCUT2D eigenvalue weighted by Crippen LogP contribution is 2.28. The van der Waals surface area contributed by atoms with E-state index < -0.39 is 11.4 Å². The fourth-order valence-corrected chi connectivity index (χ4v) is 4.47. The number of nitrogens with zero attached hydrogens (tertiary/aromatic N) is 2. The standard InChI is InChI=1S/C26H20FN3O4S/c1-2-33-19-13-9-17(10-14-19)28-22(31)15-35-26-29-23-20-5-3-4-6-21(20)34-24(23)25(32)30(26)18-11-7-16(27)8-12-18/h3-14H,2,15H2,1H3,(H,28,31). The summed E-state index contributed by atoms with van der Waals surface area (Å²) in [5.74, 6) is 0.0232. The van der Waals surface area contributed by atoms with Gasteiger partial charge in [-0.1, -0.05) is 23.9 Å². The first kappa shape index (κ1) is 22.7. The number of halogens is 1. The number of hydrogen-bond acceptors (Lipinski definition) is 6. The van der Waals surface area contributed by atoms with Crippen LogP contribution in [0.3, 0.4) is 0 Å². The van der Waals surface area contributed by atoms with Crippen molar-refractivity contribution in [1.29, 1.82) is 0 Å². The number of carbonyl (C=O) groups is 1. The summed E-state index contributed by atoms with van der Waals surface area (Å²) in [6.45, 7) is 2.46. The summed E-state index contributed by atoms with van der Waals surface area (Å²) in [4.78, 5) is 30.8. The number of carbonyl (C=O) groups excluding carboxylic acids is 1. The van der Waals surface area contributed by atoms with Crippen molar-refractivity contribution in [3.63, 3.8) is 0 Å². The number of thioether (sulfide) groups is 1. The zero-order valence-corrected chi connectivity index (χ0v) is 19.5. The molecule has 7 nitrogen and oxygen atoms in total. The molecule has 0 radical (unpaired) electrons. The van der Waals surface area contributed by atoms with Crippen molar-refractivity contribution in [1.82, 2.24) is 9.55 Å². The fraction of sp³-hybridized carbons (Fsp3) is 0.115. The maximum Gasteiger partial charge on any atom is 0.302 e. The number of para-hydroxylation sites is 1. The highest BCUT2D eigenvalue weighted by Gasteiger charge is 2.20. The molecule has 0 bridgehead atoms. The van der Waals surface area contributed by atoms with Gasteiger partial charge in [-0.25, -0.2) is 9.37 Å². The van der Waals surface area contributed by atoms with Crippen LogP contribution in [0.5, 0.6) is 5.75 Å². The van der Waals surface area contributed by atoms with Crippen LogP contribution in [-0.2, 0) is 4.79 Å². The molecule has 2 aromatic heterocycles. The number of anilines is 1. The first-order valence-electron chi connectivity index (χ1n) is 10.9. The minimum absolute atomic E-state index is 0.00212. The average Bonchev–Trinajstić information content (AvgIpc) is 3.24. The van der Waals surface area contributed by atoms with E-state index >= 15 is 0 Å². The minimum Gasteiger partial charge on any atom is -0.494 e. The molecule has 1 amide bonds. The third kappa shape index (κ3) is 4.63. The largest absolute Gasteiger partial charge is 0.494 e. The zero-order chi connectivity index (χ0) is 24.4. The number of amides is 1. The lowest BCUT2D eigenvalue weighted by Crippen LogP contribution is -2.22. The van der Waals surface area contributed by atoms with E-state index in [1.54, 1.807) is 30.3 Å². The molecular weight excluding hydrogens is 469 g/mol. The first-order chi connectivity index (χ1) is 17.0. The van der Waals surface area contributed by atoms with Crippen LogP contribution in [0.15, 0.2) is 87.2 Å². The predicted molar refractivity (Wildman–Crippen MR) is 134 cm³/mol. The number of fused-ring (bicyclic) bond motifs is 3. The second-order valence-electron chi connectivity index (χ2n) is 7.58. The predicted octanol–water partition coefficient (Wildman–Crippen LogP) is 5.40. The number of benzene rings is 3. The topological polar surface area (TPSA) is 86.4 Å². The van der Waals surface area contributed by atoms with Crippen molar-refractivity contribution in [2.24, 2.45) is 0 Å². The Bertz CT molecular complexity index is 1580. The number of rotatable bonds is 7. The highest BCUT2D eigenvalue weighted by atomic mass is 32.2. The summed E-state index contributed by atoms with van der Waals surface area (Å²) in [6, 6.07) is 19.8. The van der Waals surface area contributed by atoms with E-state index in [0.29, 0.717) is 45.4 Å². The summed E-state index contributed by atoms with van der Waals surface area (Å²) in [7, 11) is 0. The number of ether oxygens (including phenoxy) is 1. The second-order valence-corrected chi connectivity index (χ2v) is 8.52. The number of furan rings is 1. The van der Waals surface area contributed by atoms with E-state index in [4.69, 9.17) is 9.15 Å². The molecule has 5 rings (SSSR count). The zero-order valence-electron chi connectivity index (χ0n) is 18.7. The van der Waals surface area contributed by atoms with Crippen LogP contribution >= 0.6 is 11.8 Å². The van der Waals surface area contributed by atoms with E-state index in [1.165, 1.54) is 28.8 Å². The van der Waals surface area contributed by atoms with Crippen molar-refractivity contribution in [2.45, 2.75) is 12.1 Å². The number of aromatic nitrogens is 2. The van der Waals surface area contributed by atoms with Crippen LogP contribution in [0.4, 0.5) is 10.1 Å². The average molecular weight is 490 g/mol. The quantitative estimate of drug-likeness (QED) is 0.243. The molecule has 35 heavy (non-hydrogen) atoms. The van der Waals surface area contributed by atoms with Crippen LogP contribution in [0.25, 0.3) is 27.8 Å². The maximum absolute atomic E-state index is 13.5. The highest BCUT2D eigenvalue weighted by molar-refractivity contribution is 7.99. The van der Waals surface area contributed by atoms with E-state index in [-0.39, 0.29) is 17.2 Å².